The zero-order valence-electron chi connectivity index (χ0n) is 17.2. The molecule has 1 aromatic heterocycles. The van der Waals surface area contributed by atoms with Gasteiger partial charge in [0.2, 0.25) is 11.9 Å². The number of amides is 1. The van der Waals surface area contributed by atoms with Crippen LogP contribution in [0.15, 0.2) is 18.2 Å². The van der Waals surface area contributed by atoms with Gasteiger partial charge in [-0.05, 0) is 50.3 Å². The van der Waals surface area contributed by atoms with E-state index in [1.807, 2.05) is 0 Å². The van der Waals surface area contributed by atoms with Crippen LogP contribution in [0, 0.1) is 5.92 Å². The molecular weight excluding hydrogens is 409 g/mol. The van der Waals surface area contributed by atoms with E-state index in [-0.39, 0.29) is 29.1 Å². The Balaban J connectivity index is 1.65. The quantitative estimate of drug-likeness (QED) is 0.640. The van der Waals surface area contributed by atoms with Gasteiger partial charge in [-0.15, -0.1) is 0 Å². The van der Waals surface area contributed by atoms with E-state index in [1.165, 1.54) is 12.1 Å². The van der Waals surface area contributed by atoms with Crippen LogP contribution in [0.5, 0.6) is 0 Å². The van der Waals surface area contributed by atoms with Gasteiger partial charge in [-0.2, -0.15) is 18.2 Å². The van der Waals surface area contributed by atoms with Gasteiger partial charge in [0, 0.05) is 37.1 Å². The first kappa shape index (κ1) is 21.2. The topological polar surface area (TPSA) is 96.2 Å². The normalized spacial score (nSPS) is 18.6. The Hall–Kier alpha value is -3.04. The minimum absolute atomic E-state index is 0.00954. The standard InChI is InChI=1S/C21H25F3N6O/c1-26-19(31)12-4-3-9-30(11-12)18-14-5-2-6-17(14)28-20(29-18)27-13-7-8-16(25)15(10-13)21(22,23)24/h7-8,10,12H,2-6,9,11,25H2,1H3,(H,26,31)(H,27,28,29). The summed E-state index contributed by atoms with van der Waals surface area (Å²) in [6.45, 7) is 1.33. The van der Waals surface area contributed by atoms with Crippen molar-refractivity contribution >= 4 is 29.0 Å². The molecule has 10 heteroatoms. The van der Waals surface area contributed by atoms with Crippen molar-refractivity contribution in [1.82, 2.24) is 15.3 Å². The number of anilines is 4. The van der Waals surface area contributed by atoms with E-state index >= 15 is 0 Å². The number of benzene rings is 1. The number of nitrogen functional groups attached to an aromatic ring is 1. The molecule has 1 saturated heterocycles. The average Bonchev–Trinajstić information content (AvgIpc) is 3.22. The van der Waals surface area contributed by atoms with Crippen LogP contribution >= 0.6 is 0 Å². The first-order valence-electron chi connectivity index (χ1n) is 10.4. The molecule has 1 fully saturated rings. The molecule has 4 rings (SSSR count). The van der Waals surface area contributed by atoms with Crippen molar-refractivity contribution in [3.05, 3.63) is 35.0 Å². The first-order valence-corrected chi connectivity index (χ1v) is 10.4. The highest BCUT2D eigenvalue weighted by Gasteiger charge is 2.33. The highest BCUT2D eigenvalue weighted by Crippen LogP contribution is 2.36. The molecule has 1 amide bonds. The third kappa shape index (κ3) is 4.38. The van der Waals surface area contributed by atoms with Crippen LogP contribution in [0.1, 0.15) is 36.1 Å². The predicted octanol–water partition coefficient (Wildman–Crippen LogP) is 3.27. The largest absolute Gasteiger partial charge is 0.418 e. The summed E-state index contributed by atoms with van der Waals surface area (Å²) in [4.78, 5) is 23.4. The van der Waals surface area contributed by atoms with Crippen LogP contribution < -0.4 is 21.3 Å². The molecule has 2 aromatic rings. The van der Waals surface area contributed by atoms with Crippen molar-refractivity contribution in [2.24, 2.45) is 5.92 Å². The number of rotatable bonds is 4. The zero-order chi connectivity index (χ0) is 22.2. The molecule has 1 atom stereocenters. The third-order valence-corrected chi connectivity index (χ3v) is 5.86. The van der Waals surface area contributed by atoms with Crippen LogP contribution in [-0.2, 0) is 23.8 Å². The lowest BCUT2D eigenvalue weighted by Gasteiger charge is -2.34. The van der Waals surface area contributed by atoms with Gasteiger partial charge in [0.05, 0.1) is 17.2 Å². The van der Waals surface area contributed by atoms with Crippen LogP contribution in [0.3, 0.4) is 0 Å². The average molecular weight is 434 g/mol. The Morgan fingerprint density at radius 3 is 2.77 bits per heavy atom. The molecule has 0 bridgehead atoms. The number of hydrogen-bond acceptors (Lipinski definition) is 6. The Morgan fingerprint density at radius 1 is 1.23 bits per heavy atom. The molecule has 2 aliphatic rings. The number of nitrogens with one attached hydrogen (secondary N) is 2. The lowest BCUT2D eigenvalue weighted by Crippen LogP contribution is -2.43. The van der Waals surface area contributed by atoms with Gasteiger partial charge in [-0.1, -0.05) is 0 Å². The third-order valence-electron chi connectivity index (χ3n) is 5.86. The van der Waals surface area contributed by atoms with Gasteiger partial charge < -0.3 is 21.3 Å². The van der Waals surface area contributed by atoms with Crippen molar-refractivity contribution in [1.29, 1.82) is 0 Å². The summed E-state index contributed by atoms with van der Waals surface area (Å²) in [7, 11) is 1.63. The second kappa shape index (κ2) is 8.24. The van der Waals surface area contributed by atoms with E-state index in [4.69, 9.17) is 5.73 Å². The van der Waals surface area contributed by atoms with Crippen LogP contribution in [0.2, 0.25) is 0 Å². The van der Waals surface area contributed by atoms with Gasteiger partial charge in [0.25, 0.3) is 0 Å². The van der Waals surface area contributed by atoms with Crippen molar-refractivity contribution in [3.63, 3.8) is 0 Å². The molecule has 1 unspecified atom stereocenters. The lowest BCUT2D eigenvalue weighted by molar-refractivity contribution is -0.136. The number of aromatic nitrogens is 2. The van der Waals surface area contributed by atoms with Crippen molar-refractivity contribution in [2.75, 3.05) is 36.1 Å². The minimum Gasteiger partial charge on any atom is -0.398 e. The Kier molecular flexibility index (Phi) is 5.63. The summed E-state index contributed by atoms with van der Waals surface area (Å²) >= 11 is 0. The highest BCUT2D eigenvalue weighted by atomic mass is 19.4. The molecule has 1 aromatic carbocycles. The second-order valence-corrected chi connectivity index (χ2v) is 7.97. The number of carbonyl (C=O) groups is 1. The maximum absolute atomic E-state index is 13.2. The van der Waals surface area contributed by atoms with E-state index in [9.17, 15) is 18.0 Å². The maximum Gasteiger partial charge on any atom is 0.418 e. The van der Waals surface area contributed by atoms with Gasteiger partial charge >= 0.3 is 6.18 Å². The SMILES string of the molecule is CNC(=O)C1CCCN(c2nc(Nc3ccc(N)c(C(F)(F)F)c3)nc3c2CCC3)C1. The molecule has 7 nitrogen and oxygen atoms in total. The predicted molar refractivity (Wildman–Crippen MR) is 112 cm³/mol. The van der Waals surface area contributed by atoms with Gasteiger partial charge in [0.15, 0.2) is 0 Å². The molecule has 2 heterocycles. The number of aryl methyl sites for hydroxylation is 1. The van der Waals surface area contributed by atoms with Crippen LogP contribution in [-0.4, -0.2) is 36.0 Å². The Morgan fingerprint density at radius 2 is 2.03 bits per heavy atom. The molecular formula is C21H25F3N6O. The fourth-order valence-corrected chi connectivity index (χ4v) is 4.33. The van der Waals surface area contributed by atoms with E-state index in [0.29, 0.717) is 6.54 Å². The van der Waals surface area contributed by atoms with Gasteiger partial charge in [-0.25, -0.2) is 4.98 Å². The summed E-state index contributed by atoms with van der Waals surface area (Å²) in [5, 5.41) is 5.63. The summed E-state index contributed by atoms with van der Waals surface area (Å²) in [5.41, 5.74) is 6.45. The molecule has 31 heavy (non-hydrogen) atoms. The number of fused-ring (bicyclic) bond motifs is 1. The summed E-state index contributed by atoms with van der Waals surface area (Å²) in [6, 6.07) is 3.66. The highest BCUT2D eigenvalue weighted by molar-refractivity contribution is 5.79. The van der Waals surface area contributed by atoms with E-state index in [0.717, 1.165) is 61.8 Å². The Bertz CT molecular complexity index is 994. The van der Waals surface area contributed by atoms with Gasteiger partial charge in [-0.3, -0.25) is 4.79 Å². The number of nitrogens with zero attached hydrogens (tertiary/aromatic N) is 3. The number of hydrogen-bond donors (Lipinski definition) is 3. The van der Waals surface area contributed by atoms with E-state index in [1.54, 1.807) is 7.05 Å². The van der Waals surface area contributed by atoms with Crippen LogP contribution in [0.4, 0.5) is 36.3 Å². The fraction of sp³-hybridized carbons (Fsp3) is 0.476. The van der Waals surface area contributed by atoms with Crippen molar-refractivity contribution < 1.29 is 18.0 Å². The summed E-state index contributed by atoms with van der Waals surface area (Å²) < 4.78 is 39.6. The monoisotopic (exact) mass is 434 g/mol. The lowest BCUT2D eigenvalue weighted by atomic mass is 9.97. The molecule has 4 N–H and O–H groups in total. The second-order valence-electron chi connectivity index (χ2n) is 7.97. The fourth-order valence-electron chi connectivity index (χ4n) is 4.33. The molecule has 1 aliphatic carbocycles. The molecule has 0 spiro atoms. The molecule has 0 saturated carbocycles. The molecule has 0 radical (unpaired) electrons. The van der Waals surface area contributed by atoms with E-state index in [2.05, 4.69) is 25.5 Å². The smallest absolute Gasteiger partial charge is 0.398 e. The zero-order valence-corrected chi connectivity index (χ0v) is 17.2. The number of piperidine rings is 1. The minimum atomic E-state index is -4.55. The van der Waals surface area contributed by atoms with Crippen LogP contribution in [0.25, 0.3) is 0 Å². The molecule has 1 aliphatic heterocycles. The van der Waals surface area contributed by atoms with E-state index < -0.39 is 11.7 Å². The first-order chi connectivity index (χ1) is 14.8. The maximum atomic E-state index is 13.2. The van der Waals surface area contributed by atoms with Crippen molar-refractivity contribution in [2.45, 2.75) is 38.3 Å². The van der Waals surface area contributed by atoms with Crippen molar-refractivity contribution in [3.8, 4) is 0 Å². The summed E-state index contributed by atoms with van der Waals surface area (Å²) in [6.07, 6.45) is -0.262. The number of alkyl halides is 3. The number of carbonyl (C=O) groups excluding carboxylic acids is 1. The number of halogens is 3. The molecule has 166 valence electrons. The number of nitrogens with two attached hydrogens (primary N) is 1. The van der Waals surface area contributed by atoms with Gasteiger partial charge in [0.1, 0.15) is 5.82 Å². The summed E-state index contributed by atoms with van der Waals surface area (Å²) in [5.74, 6) is 0.907. The Labute approximate surface area is 178 Å².